The van der Waals surface area contributed by atoms with Crippen molar-refractivity contribution in [1.82, 2.24) is 9.21 Å². The third-order valence-corrected chi connectivity index (χ3v) is 7.36. The minimum Gasteiger partial charge on any atom is -0.497 e. The Hall–Kier alpha value is -1.61. The third-order valence-electron chi connectivity index (χ3n) is 5.08. The minimum atomic E-state index is -3.33. The molecular formula is C19H28N2O5S. The largest absolute Gasteiger partial charge is 0.497 e. The molecule has 1 aromatic heterocycles. The quantitative estimate of drug-likeness (QED) is 0.682. The summed E-state index contributed by atoms with van der Waals surface area (Å²) in [6.07, 6.45) is 1.55. The molecule has 2 heterocycles. The standard InChI is InChI=1S/C19H28N2O5S/c1-20(9-10-24-2)27(22,23)18-5-4-8-21(14-18)13-17-12-15-11-16(25-3)6-7-19(15)26-17/h6-7,11-12,18H,4-5,8-10,13-14H2,1-3H3. The van der Waals surface area contributed by atoms with Crippen LogP contribution in [0.3, 0.4) is 0 Å². The highest BCUT2D eigenvalue weighted by atomic mass is 32.2. The van der Waals surface area contributed by atoms with Crippen molar-refractivity contribution in [3.05, 3.63) is 30.0 Å². The van der Waals surface area contributed by atoms with Gasteiger partial charge in [0.15, 0.2) is 0 Å². The van der Waals surface area contributed by atoms with Crippen LogP contribution in [0.15, 0.2) is 28.7 Å². The molecule has 1 atom stereocenters. The summed E-state index contributed by atoms with van der Waals surface area (Å²) in [5.41, 5.74) is 0.811. The van der Waals surface area contributed by atoms with E-state index >= 15 is 0 Å². The third kappa shape index (κ3) is 4.63. The molecule has 1 aliphatic rings. The number of hydrogen-bond acceptors (Lipinski definition) is 6. The zero-order chi connectivity index (χ0) is 19.4. The Labute approximate surface area is 160 Å². The number of sulfonamides is 1. The Morgan fingerprint density at radius 3 is 2.85 bits per heavy atom. The second-order valence-electron chi connectivity index (χ2n) is 6.98. The highest BCUT2D eigenvalue weighted by molar-refractivity contribution is 7.89. The smallest absolute Gasteiger partial charge is 0.218 e. The number of benzene rings is 1. The number of hydrogen-bond donors (Lipinski definition) is 0. The van der Waals surface area contributed by atoms with Gasteiger partial charge < -0.3 is 13.9 Å². The maximum atomic E-state index is 12.8. The van der Waals surface area contributed by atoms with Gasteiger partial charge in [0, 0.05) is 32.6 Å². The van der Waals surface area contributed by atoms with Gasteiger partial charge in [-0.3, -0.25) is 4.90 Å². The number of likely N-dealkylation sites (N-methyl/N-ethyl adjacent to an activating group) is 1. The van der Waals surface area contributed by atoms with Crippen LogP contribution < -0.4 is 4.74 Å². The first-order valence-electron chi connectivity index (χ1n) is 9.17. The van der Waals surface area contributed by atoms with Gasteiger partial charge in [-0.15, -0.1) is 0 Å². The monoisotopic (exact) mass is 396 g/mol. The maximum Gasteiger partial charge on any atom is 0.218 e. The summed E-state index contributed by atoms with van der Waals surface area (Å²) in [5, 5.41) is 0.599. The Balaban J connectivity index is 1.67. The molecule has 3 rings (SSSR count). The molecule has 0 N–H and O–H groups in total. The number of fused-ring (bicyclic) bond motifs is 1. The van der Waals surface area contributed by atoms with E-state index in [9.17, 15) is 8.42 Å². The molecule has 0 amide bonds. The summed E-state index contributed by atoms with van der Waals surface area (Å²) < 4.78 is 43.2. The van der Waals surface area contributed by atoms with Crippen LogP contribution in [0.2, 0.25) is 0 Å². The summed E-state index contributed by atoms with van der Waals surface area (Å²) >= 11 is 0. The van der Waals surface area contributed by atoms with Crippen LogP contribution in [0.25, 0.3) is 11.0 Å². The van der Waals surface area contributed by atoms with Gasteiger partial charge in [-0.1, -0.05) is 0 Å². The van der Waals surface area contributed by atoms with Gasteiger partial charge >= 0.3 is 0 Å². The Kier molecular flexibility index (Phi) is 6.41. The van der Waals surface area contributed by atoms with Gasteiger partial charge in [0.2, 0.25) is 10.0 Å². The van der Waals surface area contributed by atoms with E-state index in [1.165, 1.54) is 4.31 Å². The SMILES string of the molecule is COCCN(C)S(=O)(=O)C1CCCN(Cc2cc3cc(OC)ccc3o2)C1. The number of rotatable bonds is 8. The van der Waals surface area contributed by atoms with Crippen molar-refractivity contribution in [3.8, 4) is 5.75 Å². The molecule has 0 saturated carbocycles. The van der Waals surface area contributed by atoms with Gasteiger partial charge in [-0.2, -0.15) is 0 Å². The zero-order valence-electron chi connectivity index (χ0n) is 16.2. The molecule has 7 nitrogen and oxygen atoms in total. The normalized spacial score (nSPS) is 19.0. The Bertz CT molecular complexity index is 864. The summed E-state index contributed by atoms with van der Waals surface area (Å²) in [7, 11) is 1.51. The topological polar surface area (TPSA) is 72.2 Å². The molecular weight excluding hydrogens is 368 g/mol. The molecule has 27 heavy (non-hydrogen) atoms. The second-order valence-corrected chi connectivity index (χ2v) is 9.30. The molecule has 1 fully saturated rings. The number of furan rings is 1. The van der Waals surface area contributed by atoms with Gasteiger partial charge in [0.05, 0.1) is 25.5 Å². The fourth-order valence-electron chi connectivity index (χ4n) is 3.50. The lowest BCUT2D eigenvalue weighted by Crippen LogP contribution is -2.47. The van der Waals surface area contributed by atoms with Crippen molar-refractivity contribution >= 4 is 21.0 Å². The predicted octanol–water partition coefficient (Wildman–Crippen LogP) is 2.31. The average molecular weight is 397 g/mol. The van der Waals surface area contributed by atoms with Crippen LogP contribution in [0.5, 0.6) is 5.75 Å². The molecule has 150 valence electrons. The van der Waals surface area contributed by atoms with E-state index in [1.54, 1.807) is 21.3 Å². The van der Waals surface area contributed by atoms with Gasteiger partial charge in [0.25, 0.3) is 0 Å². The van der Waals surface area contributed by atoms with Crippen molar-refractivity contribution < 1.29 is 22.3 Å². The molecule has 1 unspecified atom stereocenters. The highest BCUT2D eigenvalue weighted by Gasteiger charge is 2.33. The molecule has 0 radical (unpaired) electrons. The number of likely N-dealkylation sites (tertiary alicyclic amines) is 1. The van der Waals surface area contributed by atoms with Crippen LogP contribution in [0, 0.1) is 0 Å². The molecule has 1 aliphatic heterocycles. The summed E-state index contributed by atoms with van der Waals surface area (Å²) in [4.78, 5) is 2.16. The minimum absolute atomic E-state index is 0.376. The van der Waals surface area contributed by atoms with Crippen LogP contribution >= 0.6 is 0 Å². The van der Waals surface area contributed by atoms with Crippen LogP contribution in [0.4, 0.5) is 0 Å². The van der Waals surface area contributed by atoms with E-state index in [0.717, 1.165) is 35.4 Å². The van der Waals surface area contributed by atoms with Gasteiger partial charge in [0.1, 0.15) is 17.1 Å². The van der Waals surface area contributed by atoms with Crippen molar-refractivity contribution in [1.29, 1.82) is 0 Å². The zero-order valence-corrected chi connectivity index (χ0v) is 17.0. The van der Waals surface area contributed by atoms with Crippen molar-refractivity contribution in [2.75, 3.05) is 47.5 Å². The maximum absolute atomic E-state index is 12.8. The molecule has 0 aliphatic carbocycles. The first kappa shape index (κ1) is 20.1. The molecule has 0 bridgehead atoms. The van der Waals surface area contributed by atoms with Crippen LogP contribution in [-0.4, -0.2) is 70.4 Å². The van der Waals surface area contributed by atoms with Gasteiger partial charge in [-0.05, 0) is 43.7 Å². The Morgan fingerprint density at radius 2 is 2.11 bits per heavy atom. The number of nitrogens with zero attached hydrogens (tertiary/aromatic N) is 2. The number of piperidine rings is 1. The van der Waals surface area contributed by atoms with Crippen molar-refractivity contribution in [2.45, 2.75) is 24.6 Å². The first-order chi connectivity index (χ1) is 12.9. The van der Waals surface area contributed by atoms with E-state index in [1.807, 2.05) is 24.3 Å². The molecule has 8 heteroatoms. The molecule has 0 spiro atoms. The highest BCUT2D eigenvalue weighted by Crippen LogP contribution is 2.26. The van der Waals surface area contributed by atoms with E-state index in [-0.39, 0.29) is 0 Å². The summed E-state index contributed by atoms with van der Waals surface area (Å²) in [5.74, 6) is 1.63. The Morgan fingerprint density at radius 1 is 1.30 bits per heavy atom. The fourth-order valence-corrected chi connectivity index (χ4v) is 5.20. The summed E-state index contributed by atoms with van der Waals surface area (Å²) in [6.45, 7) is 2.76. The van der Waals surface area contributed by atoms with Crippen LogP contribution in [-0.2, 0) is 21.3 Å². The first-order valence-corrected chi connectivity index (χ1v) is 10.7. The lowest BCUT2D eigenvalue weighted by Gasteiger charge is -2.33. The van der Waals surface area contributed by atoms with Crippen molar-refractivity contribution in [2.24, 2.45) is 0 Å². The molecule has 1 saturated heterocycles. The van der Waals surface area contributed by atoms with Gasteiger partial charge in [-0.25, -0.2) is 12.7 Å². The molecule has 2 aromatic rings. The average Bonchev–Trinajstić information content (AvgIpc) is 3.07. The van der Waals surface area contributed by atoms with Crippen LogP contribution in [0.1, 0.15) is 18.6 Å². The second kappa shape index (κ2) is 8.60. The molecule has 1 aromatic carbocycles. The fraction of sp³-hybridized carbons (Fsp3) is 0.579. The van der Waals surface area contributed by atoms with E-state index < -0.39 is 15.3 Å². The van der Waals surface area contributed by atoms with E-state index in [2.05, 4.69) is 4.90 Å². The van der Waals surface area contributed by atoms with E-state index in [0.29, 0.717) is 32.7 Å². The lowest BCUT2D eigenvalue weighted by molar-refractivity contribution is 0.181. The van der Waals surface area contributed by atoms with Crippen molar-refractivity contribution in [3.63, 3.8) is 0 Å². The summed E-state index contributed by atoms with van der Waals surface area (Å²) in [6, 6.07) is 7.71. The van der Waals surface area contributed by atoms with E-state index in [4.69, 9.17) is 13.9 Å². The number of methoxy groups -OCH3 is 2. The number of ether oxygens (including phenoxy) is 2. The predicted molar refractivity (Wildman–Crippen MR) is 104 cm³/mol. The lowest BCUT2D eigenvalue weighted by atomic mass is 10.1.